The van der Waals surface area contributed by atoms with Gasteiger partial charge in [-0.15, -0.1) is 0 Å². The third-order valence-corrected chi connectivity index (χ3v) is 3.61. The molecule has 1 atom stereocenters. The van der Waals surface area contributed by atoms with Crippen LogP contribution in [-0.2, 0) is 0 Å². The van der Waals surface area contributed by atoms with E-state index in [-0.39, 0.29) is 11.5 Å². The highest BCUT2D eigenvalue weighted by molar-refractivity contribution is 5.87. The molecule has 0 radical (unpaired) electrons. The Morgan fingerprint density at radius 1 is 1.23 bits per heavy atom. The van der Waals surface area contributed by atoms with Crippen LogP contribution < -0.4 is 0 Å². The number of carbonyl (C=O) groups is 1. The SMILES string of the molecule is C[C@@H](c1ccccc1)c1nccn1-c1cncc(C(=O)O)c1. The van der Waals surface area contributed by atoms with E-state index < -0.39 is 5.97 Å². The fourth-order valence-electron chi connectivity index (χ4n) is 2.42. The van der Waals surface area contributed by atoms with Crippen molar-refractivity contribution in [2.75, 3.05) is 0 Å². The molecule has 0 aliphatic heterocycles. The molecule has 22 heavy (non-hydrogen) atoms. The molecular weight excluding hydrogens is 278 g/mol. The zero-order valence-corrected chi connectivity index (χ0v) is 12.0. The zero-order valence-electron chi connectivity index (χ0n) is 12.0. The quantitative estimate of drug-likeness (QED) is 0.802. The smallest absolute Gasteiger partial charge is 0.337 e. The summed E-state index contributed by atoms with van der Waals surface area (Å²) in [6.45, 7) is 2.07. The molecular formula is C17H15N3O2. The third kappa shape index (κ3) is 2.61. The predicted octanol–water partition coefficient (Wildman–Crippen LogP) is 3.12. The van der Waals surface area contributed by atoms with Crippen molar-refractivity contribution in [1.82, 2.24) is 14.5 Å². The average Bonchev–Trinajstić information content (AvgIpc) is 3.04. The van der Waals surface area contributed by atoms with Crippen molar-refractivity contribution in [2.45, 2.75) is 12.8 Å². The zero-order chi connectivity index (χ0) is 15.5. The second kappa shape index (κ2) is 5.81. The molecule has 110 valence electrons. The van der Waals surface area contributed by atoms with E-state index in [1.54, 1.807) is 18.5 Å². The predicted molar refractivity (Wildman–Crippen MR) is 82.3 cm³/mol. The molecule has 2 aromatic heterocycles. The van der Waals surface area contributed by atoms with Crippen LogP contribution >= 0.6 is 0 Å². The molecule has 0 unspecified atom stereocenters. The van der Waals surface area contributed by atoms with E-state index in [0.29, 0.717) is 5.69 Å². The van der Waals surface area contributed by atoms with Gasteiger partial charge in [0.2, 0.25) is 0 Å². The van der Waals surface area contributed by atoms with E-state index in [0.717, 1.165) is 11.4 Å². The fraction of sp³-hybridized carbons (Fsp3) is 0.118. The summed E-state index contributed by atoms with van der Waals surface area (Å²) in [6.07, 6.45) is 6.50. The Bertz CT molecular complexity index is 796. The van der Waals surface area contributed by atoms with E-state index in [1.807, 2.05) is 29.0 Å². The van der Waals surface area contributed by atoms with Gasteiger partial charge in [0, 0.05) is 24.5 Å². The Morgan fingerprint density at radius 3 is 2.73 bits per heavy atom. The minimum Gasteiger partial charge on any atom is -0.478 e. The summed E-state index contributed by atoms with van der Waals surface area (Å²) >= 11 is 0. The molecule has 0 fully saturated rings. The standard InChI is InChI=1S/C17H15N3O2/c1-12(13-5-3-2-4-6-13)16-19-7-8-20(16)15-9-14(17(21)22)10-18-11-15/h2-12H,1H3,(H,21,22)/t12-/m0/s1. The molecule has 5 nitrogen and oxygen atoms in total. The van der Waals surface area contributed by atoms with Crippen molar-refractivity contribution in [1.29, 1.82) is 0 Å². The van der Waals surface area contributed by atoms with Crippen LogP contribution in [0.4, 0.5) is 0 Å². The summed E-state index contributed by atoms with van der Waals surface area (Å²) in [5.74, 6) is -0.0626. The monoisotopic (exact) mass is 293 g/mol. The maximum atomic E-state index is 11.1. The molecule has 0 saturated heterocycles. The van der Waals surface area contributed by atoms with Crippen LogP contribution in [0.25, 0.3) is 5.69 Å². The molecule has 1 aromatic carbocycles. The Kier molecular flexibility index (Phi) is 3.70. The molecule has 0 spiro atoms. The van der Waals surface area contributed by atoms with Gasteiger partial charge in [0.25, 0.3) is 0 Å². The number of rotatable bonds is 4. The van der Waals surface area contributed by atoms with Gasteiger partial charge in [-0.1, -0.05) is 37.3 Å². The summed E-state index contributed by atoms with van der Waals surface area (Å²) in [6, 6.07) is 11.7. The second-order valence-electron chi connectivity index (χ2n) is 5.02. The van der Waals surface area contributed by atoms with Crippen molar-refractivity contribution < 1.29 is 9.90 Å². The highest BCUT2D eigenvalue weighted by atomic mass is 16.4. The number of carboxylic acid groups (broad SMARTS) is 1. The minimum atomic E-state index is -0.993. The van der Waals surface area contributed by atoms with E-state index >= 15 is 0 Å². The summed E-state index contributed by atoms with van der Waals surface area (Å²) in [5.41, 5.74) is 2.00. The number of imidazole rings is 1. The lowest BCUT2D eigenvalue weighted by atomic mass is 10.0. The van der Waals surface area contributed by atoms with Crippen molar-refractivity contribution in [3.63, 3.8) is 0 Å². The van der Waals surface area contributed by atoms with Crippen LogP contribution in [0.3, 0.4) is 0 Å². The first-order valence-electron chi connectivity index (χ1n) is 6.93. The minimum absolute atomic E-state index is 0.0877. The Labute approximate surface area is 127 Å². The first-order valence-corrected chi connectivity index (χ1v) is 6.93. The van der Waals surface area contributed by atoms with Gasteiger partial charge in [-0.25, -0.2) is 9.78 Å². The van der Waals surface area contributed by atoms with Gasteiger partial charge in [-0.2, -0.15) is 0 Å². The topological polar surface area (TPSA) is 68.0 Å². The molecule has 0 aliphatic rings. The lowest BCUT2D eigenvalue weighted by Gasteiger charge is -2.14. The third-order valence-electron chi connectivity index (χ3n) is 3.61. The number of benzene rings is 1. The molecule has 2 heterocycles. The average molecular weight is 293 g/mol. The second-order valence-corrected chi connectivity index (χ2v) is 5.02. The maximum Gasteiger partial charge on any atom is 0.337 e. The van der Waals surface area contributed by atoms with Gasteiger partial charge >= 0.3 is 5.97 Å². The summed E-state index contributed by atoms with van der Waals surface area (Å²) in [4.78, 5) is 19.5. The Hall–Kier alpha value is -2.95. The summed E-state index contributed by atoms with van der Waals surface area (Å²) in [7, 11) is 0. The normalized spacial score (nSPS) is 12.0. The highest BCUT2D eigenvalue weighted by Crippen LogP contribution is 2.24. The molecule has 0 amide bonds. The van der Waals surface area contributed by atoms with Crippen molar-refractivity contribution >= 4 is 5.97 Å². The highest BCUT2D eigenvalue weighted by Gasteiger charge is 2.16. The number of pyridine rings is 1. The van der Waals surface area contributed by atoms with Crippen LogP contribution in [-0.4, -0.2) is 25.6 Å². The van der Waals surface area contributed by atoms with Crippen LogP contribution in [0.2, 0.25) is 0 Å². The van der Waals surface area contributed by atoms with E-state index in [9.17, 15) is 4.79 Å². The van der Waals surface area contributed by atoms with E-state index in [2.05, 4.69) is 29.0 Å². The van der Waals surface area contributed by atoms with Crippen molar-refractivity contribution in [3.05, 3.63) is 78.1 Å². The van der Waals surface area contributed by atoms with Gasteiger partial charge in [-0.3, -0.25) is 4.98 Å². The van der Waals surface area contributed by atoms with Crippen LogP contribution in [0, 0.1) is 0 Å². The molecule has 3 rings (SSSR count). The van der Waals surface area contributed by atoms with Gasteiger partial charge in [0.1, 0.15) is 5.82 Å². The maximum absolute atomic E-state index is 11.1. The molecule has 0 bridgehead atoms. The lowest BCUT2D eigenvalue weighted by Crippen LogP contribution is -2.07. The molecule has 1 N–H and O–H groups in total. The van der Waals surface area contributed by atoms with E-state index in [4.69, 9.17) is 5.11 Å². The van der Waals surface area contributed by atoms with Crippen LogP contribution in [0.1, 0.15) is 34.6 Å². The number of aromatic carboxylic acids is 1. The number of aromatic nitrogens is 3. The Balaban J connectivity index is 2.02. The van der Waals surface area contributed by atoms with Crippen molar-refractivity contribution in [2.24, 2.45) is 0 Å². The van der Waals surface area contributed by atoms with Crippen LogP contribution in [0.15, 0.2) is 61.2 Å². The fourth-order valence-corrected chi connectivity index (χ4v) is 2.42. The number of carboxylic acids is 1. The van der Waals surface area contributed by atoms with Gasteiger partial charge in [-0.05, 0) is 11.6 Å². The summed E-state index contributed by atoms with van der Waals surface area (Å²) in [5, 5.41) is 9.10. The van der Waals surface area contributed by atoms with Gasteiger partial charge < -0.3 is 9.67 Å². The number of nitrogens with zero attached hydrogens (tertiary/aromatic N) is 3. The van der Waals surface area contributed by atoms with E-state index in [1.165, 1.54) is 6.20 Å². The molecule has 3 aromatic rings. The van der Waals surface area contributed by atoms with Crippen molar-refractivity contribution in [3.8, 4) is 5.69 Å². The number of hydrogen-bond donors (Lipinski definition) is 1. The summed E-state index contributed by atoms with van der Waals surface area (Å²) < 4.78 is 1.87. The first-order chi connectivity index (χ1) is 10.7. The largest absolute Gasteiger partial charge is 0.478 e. The van der Waals surface area contributed by atoms with Gasteiger partial charge in [0.15, 0.2) is 0 Å². The van der Waals surface area contributed by atoms with Gasteiger partial charge in [0.05, 0.1) is 17.4 Å². The molecule has 0 saturated carbocycles. The first kappa shape index (κ1) is 14.0. The number of hydrogen-bond acceptors (Lipinski definition) is 3. The molecule has 5 heteroatoms. The lowest BCUT2D eigenvalue weighted by molar-refractivity contribution is 0.0696. The Morgan fingerprint density at radius 2 is 2.00 bits per heavy atom. The molecule has 0 aliphatic carbocycles. The van der Waals surface area contributed by atoms with Crippen LogP contribution in [0.5, 0.6) is 0 Å².